The molecule has 1 saturated heterocycles. The fourth-order valence-corrected chi connectivity index (χ4v) is 4.12. The van der Waals surface area contributed by atoms with Gasteiger partial charge in [-0.3, -0.25) is 4.79 Å². The number of benzene rings is 1. The highest BCUT2D eigenvalue weighted by Crippen LogP contribution is 2.38. The lowest BCUT2D eigenvalue weighted by atomic mass is 10.0. The largest absolute Gasteiger partial charge is 0.481 e. The number of hydrogen-bond acceptors (Lipinski definition) is 3. The number of hydrogen-bond donors (Lipinski definition) is 2. The van der Waals surface area contributed by atoms with Crippen molar-refractivity contribution in [1.82, 2.24) is 10.2 Å². The van der Waals surface area contributed by atoms with Gasteiger partial charge in [0.1, 0.15) is 0 Å². The zero-order chi connectivity index (χ0) is 14.8. The molecular weight excluding hydrogens is 288 g/mol. The summed E-state index contributed by atoms with van der Waals surface area (Å²) in [6, 6.07) is 8.14. The Morgan fingerprint density at radius 3 is 2.95 bits per heavy atom. The minimum atomic E-state index is -0.813. The molecular formula is C15H18N2O3S. The molecule has 0 spiro atoms. The van der Waals surface area contributed by atoms with E-state index in [1.165, 1.54) is 10.5 Å². The van der Waals surface area contributed by atoms with E-state index in [2.05, 4.69) is 17.4 Å². The predicted octanol–water partition coefficient (Wildman–Crippen LogP) is 1.99. The molecule has 2 heterocycles. The Balaban J connectivity index is 1.52. The third kappa shape index (κ3) is 3.00. The average Bonchev–Trinajstić information content (AvgIpc) is 3.12. The maximum atomic E-state index is 12.1. The van der Waals surface area contributed by atoms with Gasteiger partial charge < -0.3 is 15.3 Å². The molecule has 2 unspecified atom stereocenters. The molecule has 5 nitrogen and oxygen atoms in total. The summed E-state index contributed by atoms with van der Waals surface area (Å²) >= 11 is 1.82. The monoisotopic (exact) mass is 306 g/mol. The van der Waals surface area contributed by atoms with E-state index in [4.69, 9.17) is 5.11 Å². The molecule has 1 aromatic carbocycles. The minimum absolute atomic E-state index is 0.145. The molecule has 2 amide bonds. The zero-order valence-electron chi connectivity index (χ0n) is 11.6. The Morgan fingerprint density at radius 1 is 1.38 bits per heavy atom. The first kappa shape index (κ1) is 14.3. The molecule has 0 radical (unpaired) electrons. The Hall–Kier alpha value is -1.69. The van der Waals surface area contributed by atoms with Crippen molar-refractivity contribution in [2.45, 2.75) is 17.2 Å². The van der Waals surface area contributed by atoms with E-state index >= 15 is 0 Å². The first-order valence-corrected chi connectivity index (χ1v) is 8.11. The van der Waals surface area contributed by atoms with Crippen LogP contribution in [0.1, 0.15) is 17.9 Å². The lowest BCUT2D eigenvalue weighted by molar-refractivity contribution is -0.141. The van der Waals surface area contributed by atoms with E-state index < -0.39 is 11.9 Å². The zero-order valence-corrected chi connectivity index (χ0v) is 12.4. The van der Waals surface area contributed by atoms with Crippen LogP contribution in [0, 0.1) is 5.92 Å². The molecule has 3 rings (SSSR count). The molecule has 2 aliphatic rings. The number of fused-ring (bicyclic) bond motifs is 1. The molecule has 2 aliphatic heterocycles. The van der Waals surface area contributed by atoms with Crippen LogP contribution < -0.4 is 5.32 Å². The van der Waals surface area contributed by atoms with E-state index in [-0.39, 0.29) is 6.03 Å². The van der Waals surface area contributed by atoms with Gasteiger partial charge in [-0.25, -0.2) is 4.79 Å². The molecule has 112 valence electrons. The van der Waals surface area contributed by atoms with Crippen LogP contribution in [0.5, 0.6) is 0 Å². The van der Waals surface area contributed by atoms with Crippen molar-refractivity contribution >= 4 is 23.8 Å². The van der Waals surface area contributed by atoms with E-state index in [1.54, 1.807) is 4.90 Å². The van der Waals surface area contributed by atoms with Crippen molar-refractivity contribution in [3.05, 3.63) is 29.8 Å². The van der Waals surface area contributed by atoms with E-state index in [0.717, 1.165) is 5.75 Å². The summed E-state index contributed by atoms with van der Waals surface area (Å²) in [5, 5.41) is 11.9. The van der Waals surface area contributed by atoms with Gasteiger partial charge in [0.15, 0.2) is 0 Å². The number of nitrogens with zero attached hydrogens (tertiary/aromatic N) is 1. The lowest BCUT2D eigenvalue weighted by Crippen LogP contribution is -2.40. The van der Waals surface area contributed by atoms with Crippen molar-refractivity contribution in [2.24, 2.45) is 5.92 Å². The van der Waals surface area contributed by atoms with Crippen LogP contribution >= 0.6 is 11.8 Å². The maximum absolute atomic E-state index is 12.1. The summed E-state index contributed by atoms with van der Waals surface area (Å²) in [6.07, 6.45) is 0.546. The highest BCUT2D eigenvalue weighted by Gasteiger charge is 2.31. The Bertz CT molecular complexity index is 564. The lowest BCUT2D eigenvalue weighted by Gasteiger charge is -2.19. The van der Waals surface area contributed by atoms with Gasteiger partial charge in [0.25, 0.3) is 0 Å². The normalized spacial score (nSPS) is 23.9. The second kappa shape index (κ2) is 5.97. The topological polar surface area (TPSA) is 69.6 Å². The molecule has 0 saturated carbocycles. The number of carbonyl (C=O) groups excluding carboxylic acids is 1. The Kier molecular flexibility index (Phi) is 4.05. The highest BCUT2D eigenvalue weighted by atomic mass is 32.2. The van der Waals surface area contributed by atoms with Crippen LogP contribution in [0.4, 0.5) is 4.79 Å². The second-order valence-corrected chi connectivity index (χ2v) is 6.56. The standard InChI is InChI=1S/C15H18N2O3S/c18-14(19)10-5-6-17(8-10)15(20)16-7-11-9-21-13-4-2-1-3-12(11)13/h1-4,10-11H,5-9H2,(H,16,20)(H,18,19). The smallest absolute Gasteiger partial charge is 0.317 e. The number of urea groups is 1. The molecule has 0 aromatic heterocycles. The van der Waals surface area contributed by atoms with Gasteiger partial charge in [0.05, 0.1) is 5.92 Å². The molecule has 21 heavy (non-hydrogen) atoms. The summed E-state index contributed by atoms with van der Waals surface area (Å²) in [7, 11) is 0. The van der Waals surface area contributed by atoms with Gasteiger partial charge >= 0.3 is 12.0 Å². The highest BCUT2D eigenvalue weighted by molar-refractivity contribution is 7.99. The third-order valence-electron chi connectivity index (χ3n) is 4.12. The van der Waals surface area contributed by atoms with Gasteiger partial charge in [0.2, 0.25) is 0 Å². The number of thioether (sulfide) groups is 1. The molecule has 2 atom stereocenters. The Morgan fingerprint density at radius 2 is 2.19 bits per heavy atom. The Labute approximate surface area is 127 Å². The van der Waals surface area contributed by atoms with E-state index in [9.17, 15) is 9.59 Å². The molecule has 6 heteroatoms. The quantitative estimate of drug-likeness (QED) is 0.896. The number of carbonyl (C=O) groups is 2. The number of rotatable bonds is 3. The molecule has 0 aliphatic carbocycles. The minimum Gasteiger partial charge on any atom is -0.481 e. The second-order valence-electron chi connectivity index (χ2n) is 5.50. The number of carboxylic acid groups (broad SMARTS) is 1. The van der Waals surface area contributed by atoms with Crippen molar-refractivity contribution in [3.63, 3.8) is 0 Å². The summed E-state index contributed by atoms with van der Waals surface area (Å²) in [5.41, 5.74) is 1.30. The van der Waals surface area contributed by atoms with Gasteiger partial charge in [-0.15, -0.1) is 11.8 Å². The summed E-state index contributed by atoms with van der Waals surface area (Å²) in [5.74, 6) is 0.0927. The van der Waals surface area contributed by atoms with E-state index in [1.807, 2.05) is 23.9 Å². The van der Waals surface area contributed by atoms with Crippen LogP contribution in [0.15, 0.2) is 29.2 Å². The van der Waals surface area contributed by atoms with Crippen LogP contribution in [0.25, 0.3) is 0 Å². The van der Waals surface area contributed by atoms with Crippen molar-refractivity contribution in [1.29, 1.82) is 0 Å². The number of aliphatic carboxylic acids is 1. The van der Waals surface area contributed by atoms with Gasteiger partial charge in [0, 0.05) is 36.2 Å². The van der Waals surface area contributed by atoms with Crippen LogP contribution in [-0.4, -0.2) is 47.4 Å². The SMILES string of the molecule is O=C(O)C1CCN(C(=O)NCC2CSc3ccccc32)C1. The maximum Gasteiger partial charge on any atom is 0.317 e. The van der Waals surface area contributed by atoms with Crippen LogP contribution in [-0.2, 0) is 4.79 Å². The number of carboxylic acids is 1. The predicted molar refractivity (Wildman–Crippen MR) is 80.6 cm³/mol. The number of amides is 2. The molecule has 2 N–H and O–H groups in total. The average molecular weight is 306 g/mol. The number of nitrogens with one attached hydrogen (secondary N) is 1. The van der Waals surface area contributed by atoms with Gasteiger partial charge in [-0.05, 0) is 18.1 Å². The molecule has 0 bridgehead atoms. The van der Waals surface area contributed by atoms with Gasteiger partial charge in [-0.1, -0.05) is 18.2 Å². The van der Waals surface area contributed by atoms with E-state index in [0.29, 0.717) is 32.0 Å². The van der Waals surface area contributed by atoms with Crippen molar-refractivity contribution in [3.8, 4) is 0 Å². The summed E-state index contributed by atoms with van der Waals surface area (Å²) in [6.45, 7) is 1.45. The first-order valence-electron chi connectivity index (χ1n) is 7.12. The fraction of sp³-hybridized carbons (Fsp3) is 0.467. The van der Waals surface area contributed by atoms with Crippen LogP contribution in [0.2, 0.25) is 0 Å². The molecule has 1 fully saturated rings. The van der Waals surface area contributed by atoms with Crippen molar-refractivity contribution < 1.29 is 14.7 Å². The van der Waals surface area contributed by atoms with Crippen molar-refractivity contribution in [2.75, 3.05) is 25.4 Å². The number of likely N-dealkylation sites (tertiary alicyclic amines) is 1. The molecule has 1 aromatic rings. The third-order valence-corrected chi connectivity index (χ3v) is 5.38. The van der Waals surface area contributed by atoms with Crippen LogP contribution in [0.3, 0.4) is 0 Å². The first-order chi connectivity index (χ1) is 10.1. The fourth-order valence-electron chi connectivity index (χ4n) is 2.87. The van der Waals surface area contributed by atoms with Gasteiger partial charge in [-0.2, -0.15) is 0 Å². The summed E-state index contributed by atoms with van der Waals surface area (Å²) < 4.78 is 0. The summed E-state index contributed by atoms with van der Waals surface area (Å²) in [4.78, 5) is 25.9.